The van der Waals surface area contributed by atoms with E-state index in [1.807, 2.05) is 17.0 Å². The number of esters is 1. The molecule has 1 saturated heterocycles. The van der Waals surface area contributed by atoms with Crippen molar-refractivity contribution in [2.45, 2.75) is 19.3 Å². The van der Waals surface area contributed by atoms with Crippen LogP contribution in [0.5, 0.6) is 0 Å². The topological polar surface area (TPSA) is 79.0 Å². The number of amides is 2. The molecule has 3 heterocycles. The van der Waals surface area contributed by atoms with Crippen LogP contribution < -0.4 is 5.32 Å². The molecule has 5 rings (SSSR count). The number of thiophene rings is 2. The average molecular weight is 553 g/mol. The maximum Gasteiger partial charge on any atom is 0.341 e. The van der Waals surface area contributed by atoms with Gasteiger partial charge in [-0.15, -0.1) is 22.7 Å². The number of anilines is 1. The zero-order valence-electron chi connectivity index (χ0n) is 19.0. The fourth-order valence-electron chi connectivity index (χ4n) is 4.61. The number of halogens is 2. The van der Waals surface area contributed by atoms with E-state index in [2.05, 4.69) is 5.32 Å². The second kappa shape index (κ2) is 10.1. The quantitative estimate of drug-likeness (QED) is 0.454. The number of hydrogen-bond acceptors (Lipinski definition) is 7. The number of hydrogen-bond donors (Lipinski definition) is 1. The lowest BCUT2D eigenvalue weighted by Gasteiger charge is -2.34. The van der Waals surface area contributed by atoms with Crippen molar-refractivity contribution >= 4 is 78.7 Å². The number of piperazine rings is 1. The third kappa shape index (κ3) is 4.80. The zero-order chi connectivity index (χ0) is 24.7. The molecule has 35 heavy (non-hydrogen) atoms. The van der Waals surface area contributed by atoms with Gasteiger partial charge in [0.25, 0.3) is 5.91 Å². The third-order valence-electron chi connectivity index (χ3n) is 6.38. The number of carbonyl (C=O) groups is 3. The number of rotatable bonds is 5. The van der Waals surface area contributed by atoms with E-state index in [9.17, 15) is 14.4 Å². The van der Waals surface area contributed by atoms with Crippen LogP contribution in [0.1, 0.15) is 36.9 Å². The Morgan fingerprint density at radius 1 is 1.09 bits per heavy atom. The Kier molecular flexibility index (Phi) is 7.05. The van der Waals surface area contributed by atoms with E-state index in [1.165, 1.54) is 29.8 Å². The molecule has 0 spiro atoms. The molecule has 1 aliphatic carbocycles. The van der Waals surface area contributed by atoms with Crippen molar-refractivity contribution in [2.24, 2.45) is 0 Å². The van der Waals surface area contributed by atoms with Gasteiger partial charge in [-0.05, 0) is 37.0 Å². The SMILES string of the molecule is COC(=O)c1c(NC(=O)CN2CCN(C(=O)c3sc4cc(Cl)ccc4c3Cl)CC2)sc2c1CCC2. The molecule has 2 amide bonds. The maximum atomic E-state index is 13.1. The molecule has 1 fully saturated rings. The number of methoxy groups -OCH3 is 1. The smallest absolute Gasteiger partial charge is 0.341 e. The van der Waals surface area contributed by atoms with Crippen LogP contribution in [0.2, 0.25) is 10.0 Å². The van der Waals surface area contributed by atoms with Gasteiger partial charge in [0.2, 0.25) is 5.91 Å². The van der Waals surface area contributed by atoms with E-state index >= 15 is 0 Å². The van der Waals surface area contributed by atoms with Crippen molar-refractivity contribution in [3.8, 4) is 0 Å². The summed E-state index contributed by atoms with van der Waals surface area (Å²) in [5.41, 5.74) is 1.50. The molecular formula is C24H23Cl2N3O4S2. The van der Waals surface area contributed by atoms with E-state index in [-0.39, 0.29) is 18.4 Å². The minimum Gasteiger partial charge on any atom is -0.465 e. The molecule has 3 aromatic rings. The van der Waals surface area contributed by atoms with Gasteiger partial charge in [-0.2, -0.15) is 0 Å². The molecular weight excluding hydrogens is 529 g/mol. The first-order valence-electron chi connectivity index (χ1n) is 11.3. The standard InChI is InChI=1S/C24H23Cl2N3O4S2/c1-33-24(32)19-14-3-2-4-16(14)35-22(19)27-18(30)12-28-7-9-29(10-8-28)23(31)21-20(26)15-6-5-13(25)11-17(15)34-21/h5-6,11H,2-4,7-10,12H2,1H3,(H,27,30). The lowest BCUT2D eigenvalue weighted by molar-refractivity contribution is -0.117. The first-order valence-corrected chi connectivity index (χ1v) is 13.7. The van der Waals surface area contributed by atoms with Gasteiger partial charge in [-0.3, -0.25) is 14.5 Å². The predicted octanol–water partition coefficient (Wildman–Crippen LogP) is 4.94. The highest BCUT2D eigenvalue weighted by Crippen LogP contribution is 2.40. The summed E-state index contributed by atoms with van der Waals surface area (Å²) >= 11 is 15.4. The highest BCUT2D eigenvalue weighted by Gasteiger charge is 2.30. The summed E-state index contributed by atoms with van der Waals surface area (Å²) in [6, 6.07) is 5.41. The third-order valence-corrected chi connectivity index (χ3v) is 9.46. The Labute approximate surface area is 220 Å². The summed E-state index contributed by atoms with van der Waals surface area (Å²) in [6.07, 6.45) is 2.77. The number of aryl methyl sites for hydroxylation is 1. The zero-order valence-corrected chi connectivity index (χ0v) is 22.1. The van der Waals surface area contributed by atoms with E-state index in [1.54, 1.807) is 11.0 Å². The fraction of sp³-hybridized carbons (Fsp3) is 0.375. The molecule has 1 aliphatic heterocycles. The van der Waals surface area contributed by atoms with Gasteiger partial charge in [0.05, 0.1) is 24.2 Å². The molecule has 2 aromatic heterocycles. The van der Waals surface area contributed by atoms with E-state index in [0.717, 1.165) is 39.8 Å². The summed E-state index contributed by atoms with van der Waals surface area (Å²) in [6.45, 7) is 2.32. The van der Waals surface area contributed by atoms with E-state index < -0.39 is 5.97 Å². The Hall–Kier alpha value is -2.17. The number of nitrogens with zero attached hydrogens (tertiary/aromatic N) is 2. The van der Waals surface area contributed by atoms with Crippen LogP contribution in [-0.2, 0) is 22.4 Å². The van der Waals surface area contributed by atoms with Gasteiger partial charge < -0.3 is 15.0 Å². The van der Waals surface area contributed by atoms with Gasteiger partial charge in [0, 0.05) is 46.2 Å². The van der Waals surface area contributed by atoms with Crippen molar-refractivity contribution in [3.63, 3.8) is 0 Å². The van der Waals surface area contributed by atoms with Crippen molar-refractivity contribution in [1.29, 1.82) is 0 Å². The summed E-state index contributed by atoms with van der Waals surface area (Å²) in [5, 5.41) is 5.37. The Morgan fingerprint density at radius 2 is 1.86 bits per heavy atom. The van der Waals surface area contributed by atoms with Gasteiger partial charge in [0.15, 0.2) is 0 Å². The number of benzene rings is 1. The Morgan fingerprint density at radius 3 is 2.60 bits per heavy atom. The molecule has 0 atom stereocenters. The lowest BCUT2D eigenvalue weighted by Crippen LogP contribution is -2.50. The molecule has 2 aliphatic rings. The molecule has 1 N–H and O–H groups in total. The van der Waals surface area contributed by atoms with Crippen LogP contribution in [0.3, 0.4) is 0 Å². The van der Waals surface area contributed by atoms with Crippen LogP contribution >= 0.6 is 45.9 Å². The number of ether oxygens (including phenoxy) is 1. The maximum absolute atomic E-state index is 13.1. The molecule has 0 unspecified atom stereocenters. The Balaban J connectivity index is 1.20. The minimum absolute atomic E-state index is 0.104. The van der Waals surface area contributed by atoms with Gasteiger partial charge in [-0.1, -0.05) is 29.3 Å². The molecule has 184 valence electrons. The second-order valence-electron chi connectivity index (χ2n) is 8.56. The molecule has 11 heteroatoms. The van der Waals surface area contributed by atoms with Crippen molar-refractivity contribution in [2.75, 3.05) is 45.2 Å². The number of nitrogens with one attached hydrogen (secondary N) is 1. The van der Waals surface area contributed by atoms with E-state index in [0.29, 0.717) is 51.7 Å². The number of fused-ring (bicyclic) bond motifs is 2. The van der Waals surface area contributed by atoms with Crippen molar-refractivity contribution in [3.05, 3.63) is 49.1 Å². The Bertz CT molecular complexity index is 1330. The van der Waals surface area contributed by atoms with Crippen LogP contribution in [0.4, 0.5) is 5.00 Å². The van der Waals surface area contributed by atoms with Crippen LogP contribution in [0, 0.1) is 0 Å². The van der Waals surface area contributed by atoms with E-state index in [4.69, 9.17) is 27.9 Å². The molecule has 1 aromatic carbocycles. The highest BCUT2D eigenvalue weighted by atomic mass is 35.5. The first kappa shape index (κ1) is 24.5. The monoisotopic (exact) mass is 551 g/mol. The van der Waals surface area contributed by atoms with Crippen LogP contribution in [-0.4, -0.2) is 67.4 Å². The van der Waals surface area contributed by atoms with Crippen molar-refractivity contribution in [1.82, 2.24) is 9.80 Å². The summed E-state index contributed by atoms with van der Waals surface area (Å²) in [5.74, 6) is -0.694. The minimum atomic E-state index is -0.408. The fourth-order valence-corrected chi connectivity index (χ4v) is 7.66. The first-order chi connectivity index (χ1) is 16.9. The summed E-state index contributed by atoms with van der Waals surface area (Å²) in [4.78, 5) is 43.6. The normalized spacial score (nSPS) is 15.9. The molecule has 0 saturated carbocycles. The van der Waals surface area contributed by atoms with Crippen LogP contribution in [0.15, 0.2) is 18.2 Å². The summed E-state index contributed by atoms with van der Waals surface area (Å²) in [7, 11) is 1.36. The number of carbonyl (C=O) groups excluding carboxylic acids is 3. The highest BCUT2D eigenvalue weighted by molar-refractivity contribution is 7.21. The van der Waals surface area contributed by atoms with Gasteiger partial charge in [0.1, 0.15) is 9.88 Å². The largest absolute Gasteiger partial charge is 0.465 e. The van der Waals surface area contributed by atoms with Gasteiger partial charge >= 0.3 is 5.97 Å². The molecule has 0 radical (unpaired) electrons. The average Bonchev–Trinajstić information content (AvgIpc) is 3.51. The molecule has 7 nitrogen and oxygen atoms in total. The van der Waals surface area contributed by atoms with Crippen LogP contribution in [0.25, 0.3) is 10.1 Å². The van der Waals surface area contributed by atoms with Gasteiger partial charge in [-0.25, -0.2) is 4.79 Å². The van der Waals surface area contributed by atoms with Crippen molar-refractivity contribution < 1.29 is 19.1 Å². The molecule has 0 bridgehead atoms. The second-order valence-corrected chi connectivity index (χ2v) is 11.5. The lowest BCUT2D eigenvalue weighted by atomic mass is 10.1. The summed E-state index contributed by atoms with van der Waals surface area (Å²) < 4.78 is 5.83. The predicted molar refractivity (Wildman–Crippen MR) is 141 cm³/mol.